The van der Waals surface area contributed by atoms with E-state index in [0.29, 0.717) is 36.9 Å². The number of carboxylic acids is 1. The van der Waals surface area contributed by atoms with E-state index >= 15 is 0 Å². The molecular weight excluding hydrogens is 1140 g/mol. The number of H-pyrrole nitrogens is 2. The molecule has 488 valence electrons. The van der Waals surface area contributed by atoms with Gasteiger partial charge in [0.1, 0.15) is 48.3 Å². The first-order valence-electron chi connectivity index (χ1n) is 29.9. The van der Waals surface area contributed by atoms with Crippen LogP contribution in [0.4, 0.5) is 0 Å². The summed E-state index contributed by atoms with van der Waals surface area (Å²) in [6.07, 6.45) is 5.33. The number of carboxylic acid groups (broad SMARTS) is 1. The number of aromatic nitrogens is 3. The Morgan fingerprint density at radius 2 is 1.00 bits per heavy atom. The second kappa shape index (κ2) is 37.0. The van der Waals surface area contributed by atoms with Gasteiger partial charge in [0.25, 0.3) is 0 Å². The molecule has 2 aromatic heterocycles. The van der Waals surface area contributed by atoms with Crippen LogP contribution in [0.5, 0.6) is 0 Å². The lowest BCUT2D eigenvalue weighted by Gasteiger charge is -2.31. The third-order valence-corrected chi connectivity index (χ3v) is 15.2. The molecule has 88 heavy (non-hydrogen) atoms. The topological polar surface area (TPSA) is 512 Å². The van der Waals surface area contributed by atoms with Crippen molar-refractivity contribution in [2.45, 2.75) is 187 Å². The number of primary amides is 1. The fraction of sp³-hybridized carbons (Fsp3) is 0.603. The number of hydrogen-bond donors (Lipinski definition) is 17. The van der Waals surface area contributed by atoms with E-state index in [2.05, 4.69) is 67.5 Å². The number of fused-ring (bicyclic) bond motifs is 1. The molecule has 0 saturated heterocycles. The summed E-state index contributed by atoms with van der Waals surface area (Å²) >= 11 is 0. The van der Waals surface area contributed by atoms with Crippen LogP contribution in [-0.2, 0) is 60.8 Å². The smallest absolute Gasteiger partial charge is 0.326 e. The molecule has 3 rings (SSSR count). The van der Waals surface area contributed by atoms with Crippen molar-refractivity contribution in [3.8, 4) is 0 Å². The van der Waals surface area contributed by atoms with Gasteiger partial charge in [-0.3, -0.25) is 53.1 Å². The van der Waals surface area contributed by atoms with Crippen molar-refractivity contribution in [2.75, 3.05) is 13.1 Å². The second-order valence-electron chi connectivity index (χ2n) is 22.7. The van der Waals surface area contributed by atoms with Crippen LogP contribution < -0.4 is 76.9 Å². The van der Waals surface area contributed by atoms with Crippen molar-refractivity contribution in [1.29, 1.82) is 0 Å². The van der Waals surface area contributed by atoms with E-state index in [9.17, 15) is 53.1 Å². The van der Waals surface area contributed by atoms with E-state index in [4.69, 9.17) is 34.4 Å². The van der Waals surface area contributed by atoms with Gasteiger partial charge in [0.15, 0.2) is 11.9 Å². The fourth-order valence-corrected chi connectivity index (χ4v) is 9.43. The molecule has 1 aromatic carbocycles. The molecular formula is C58H95N19O11. The number of rotatable bonds is 40. The Bertz CT molecular complexity index is 2850. The highest BCUT2D eigenvalue weighted by atomic mass is 16.4. The van der Waals surface area contributed by atoms with Crippen LogP contribution in [0.15, 0.2) is 53.0 Å². The summed E-state index contributed by atoms with van der Waals surface area (Å²) in [6, 6.07) is -4.58. The highest BCUT2D eigenvalue weighted by Crippen LogP contribution is 2.21. The van der Waals surface area contributed by atoms with Crippen molar-refractivity contribution in [2.24, 2.45) is 68.1 Å². The van der Waals surface area contributed by atoms with E-state index in [1.165, 1.54) is 12.5 Å². The third kappa shape index (κ3) is 24.5. The molecule has 0 spiro atoms. The summed E-state index contributed by atoms with van der Waals surface area (Å²) in [5.41, 5.74) is 35.3. The Labute approximate surface area is 513 Å². The molecule has 0 aliphatic rings. The van der Waals surface area contributed by atoms with E-state index in [1.54, 1.807) is 53.8 Å². The molecule has 0 saturated carbocycles. The number of guanidine groups is 2. The highest BCUT2D eigenvalue weighted by molar-refractivity contribution is 5.99. The van der Waals surface area contributed by atoms with E-state index in [1.807, 2.05) is 32.0 Å². The molecule has 0 aliphatic carbocycles. The van der Waals surface area contributed by atoms with Gasteiger partial charge in [-0.15, -0.1) is 0 Å². The monoisotopic (exact) mass is 1230 g/mol. The van der Waals surface area contributed by atoms with Crippen molar-refractivity contribution in [1.82, 2.24) is 57.5 Å². The minimum Gasteiger partial charge on any atom is -0.480 e. The molecule has 12 atom stereocenters. The number of amides is 9. The largest absolute Gasteiger partial charge is 0.480 e. The number of aromatic amines is 2. The minimum absolute atomic E-state index is 0.0441. The number of carbonyl (C=O) groups is 10. The molecule has 0 unspecified atom stereocenters. The molecule has 0 aliphatic heterocycles. The van der Waals surface area contributed by atoms with Crippen LogP contribution in [0.1, 0.15) is 131 Å². The number of aliphatic imine (C=N–C) groups is 2. The number of carbonyl (C=O) groups excluding carboxylic acids is 9. The number of nitrogens with two attached hydrogens (primary N) is 6. The van der Waals surface area contributed by atoms with Gasteiger partial charge in [-0.2, -0.15) is 0 Å². The summed E-state index contributed by atoms with van der Waals surface area (Å²) in [4.78, 5) is 157. The Morgan fingerprint density at radius 3 is 1.50 bits per heavy atom. The summed E-state index contributed by atoms with van der Waals surface area (Å²) in [5, 5.41) is 32.5. The van der Waals surface area contributed by atoms with Gasteiger partial charge in [-0.1, -0.05) is 92.9 Å². The quantitative estimate of drug-likeness (QED) is 0.0175. The maximum atomic E-state index is 15.0. The first kappa shape index (κ1) is 73.4. The fourth-order valence-electron chi connectivity index (χ4n) is 9.43. The number of nitrogens with one attached hydrogen (secondary N) is 10. The molecule has 0 bridgehead atoms. The van der Waals surface area contributed by atoms with Gasteiger partial charge in [0.05, 0.1) is 12.4 Å². The lowest BCUT2D eigenvalue weighted by molar-refractivity contribution is -0.142. The van der Waals surface area contributed by atoms with Crippen molar-refractivity contribution >= 4 is 82.0 Å². The summed E-state index contributed by atoms with van der Waals surface area (Å²) in [5.74, 6) is -10.6. The van der Waals surface area contributed by atoms with Crippen LogP contribution in [0.25, 0.3) is 10.9 Å². The highest BCUT2D eigenvalue weighted by Gasteiger charge is 2.38. The minimum atomic E-state index is -1.46. The normalized spacial score (nSPS) is 15.3. The molecule has 0 radical (unpaired) electrons. The van der Waals surface area contributed by atoms with Gasteiger partial charge in [-0.25, -0.2) is 9.78 Å². The van der Waals surface area contributed by atoms with E-state index < -0.39 is 131 Å². The number of aliphatic carboxylic acids is 1. The van der Waals surface area contributed by atoms with Gasteiger partial charge in [-0.05, 0) is 73.8 Å². The SMILES string of the molecule is CC[C@H](C)[C@H](NC(=O)[C@H](Cc1c[nH]c2ccccc12)NC(=O)[C@@H](NC(=O)[C@H](CCC(N)=O)NC(=O)[C@@H](NC(=O)[C@@H](N)CCCN=C(N)N)[C@@H](C)CC)[C@@H](C)CC)C(=O)N[C@@H](CC(C)C)C(=O)N[C@@H](CCCN=C(N)N)C(=O)N[C@@H](Cc1cnc[nH]1)C(=O)O. The van der Waals surface area contributed by atoms with E-state index in [0.717, 1.165) is 10.9 Å². The number of hydrogen-bond acceptors (Lipinski definition) is 14. The predicted molar refractivity (Wildman–Crippen MR) is 331 cm³/mol. The Kier molecular flexibility index (Phi) is 30.9. The van der Waals surface area contributed by atoms with Crippen LogP contribution in [0.3, 0.4) is 0 Å². The summed E-state index contributed by atoms with van der Waals surface area (Å²) in [7, 11) is 0. The Balaban J connectivity index is 1.99. The van der Waals surface area contributed by atoms with Crippen molar-refractivity contribution < 1.29 is 53.1 Å². The first-order chi connectivity index (χ1) is 41.6. The Morgan fingerprint density at radius 1 is 0.545 bits per heavy atom. The zero-order valence-corrected chi connectivity index (χ0v) is 51.8. The van der Waals surface area contributed by atoms with Gasteiger partial charge in [0.2, 0.25) is 53.2 Å². The third-order valence-electron chi connectivity index (χ3n) is 15.2. The van der Waals surface area contributed by atoms with Crippen molar-refractivity contribution in [3.63, 3.8) is 0 Å². The molecule has 2 heterocycles. The van der Waals surface area contributed by atoms with E-state index in [-0.39, 0.29) is 82.3 Å². The lowest BCUT2D eigenvalue weighted by atomic mass is 9.94. The van der Waals surface area contributed by atoms with Crippen LogP contribution in [0, 0.1) is 23.7 Å². The second-order valence-corrected chi connectivity index (χ2v) is 22.7. The summed E-state index contributed by atoms with van der Waals surface area (Å²) in [6.45, 7) is 14.4. The van der Waals surface area contributed by atoms with Crippen LogP contribution in [-0.4, -0.2) is 159 Å². The zero-order valence-electron chi connectivity index (χ0n) is 51.8. The average molecular weight is 1230 g/mol. The number of imidazole rings is 1. The number of nitrogens with zero attached hydrogens (tertiary/aromatic N) is 3. The van der Waals surface area contributed by atoms with Crippen molar-refractivity contribution in [3.05, 3.63) is 54.2 Å². The standard InChI is InChI=1S/C58H95N19O11/c1-9-31(6)45(75-48(79)37(59)17-14-22-66-57(61)62)53(84)71-40(20-21-44(60)78)50(81)76-46(32(7)10-2)55(86)73-42(25-34-27-68-38-18-13-12-16-36(34)38)52(83)77-47(33(8)11-3)54(85)72-41(24-30(4)5)51(82)70-39(19-15-23-67-58(63)64)49(80)74-43(56(87)88)26-35-28-65-29-69-35/h12-13,16,18,27-33,37,39-43,45-47,68H,9-11,14-15,17,19-26,59H2,1-8H3,(H2,60,78)(H,65,69)(H,70,82)(H,71,84)(H,72,85)(H,73,86)(H,74,80)(H,75,79)(H,76,81)(H,77,83)(H,87,88)(H4,61,62,66)(H4,63,64,67)/t31-,32-,33-,37-,39-,40-,41-,42-,43-,45-,46-,47-/m0/s1. The lowest BCUT2D eigenvalue weighted by Crippen LogP contribution is -2.62. The van der Waals surface area contributed by atoms with Gasteiger partial charge >= 0.3 is 5.97 Å². The molecule has 30 nitrogen and oxygen atoms in total. The average Bonchev–Trinajstić information content (AvgIpc) is 3.90. The molecule has 9 amide bonds. The molecule has 23 N–H and O–H groups in total. The maximum Gasteiger partial charge on any atom is 0.326 e. The zero-order chi connectivity index (χ0) is 65.8. The van der Waals surface area contributed by atoms with Crippen LogP contribution in [0.2, 0.25) is 0 Å². The molecule has 3 aromatic rings. The maximum absolute atomic E-state index is 15.0. The molecule has 0 fully saturated rings. The van der Waals surface area contributed by atoms with Gasteiger partial charge < -0.3 is 92.0 Å². The van der Waals surface area contributed by atoms with Gasteiger partial charge in [0, 0.05) is 61.3 Å². The predicted octanol–water partition coefficient (Wildman–Crippen LogP) is -1.48. The number of benzene rings is 1. The molecule has 30 heteroatoms. The van der Waals surface area contributed by atoms with Crippen LogP contribution >= 0.6 is 0 Å². The summed E-state index contributed by atoms with van der Waals surface area (Å²) < 4.78 is 0. The first-order valence-corrected chi connectivity index (χ1v) is 29.9. The Hall–Kier alpha value is -8.83. The number of para-hydroxylation sites is 1.